The number of likely N-dealkylation sites (tertiary alicyclic amines) is 1. The molecule has 1 saturated heterocycles. The molecule has 1 N–H and O–H groups in total. The van der Waals surface area contributed by atoms with Crippen LogP contribution in [0.15, 0.2) is 0 Å². The zero-order valence-electron chi connectivity index (χ0n) is 12.4. The number of alkyl halides is 3. The lowest BCUT2D eigenvalue weighted by molar-refractivity contribution is -0.185. The Hall–Kier alpha value is -0.290. The van der Waals surface area contributed by atoms with E-state index < -0.39 is 12.1 Å². The molecule has 0 aromatic carbocycles. The summed E-state index contributed by atoms with van der Waals surface area (Å²) in [5.74, 6) is -1.08. The van der Waals surface area contributed by atoms with E-state index in [0.29, 0.717) is 18.5 Å². The summed E-state index contributed by atoms with van der Waals surface area (Å²) in [7, 11) is 0. The number of piperidine rings is 1. The van der Waals surface area contributed by atoms with Crippen molar-refractivity contribution in [1.82, 2.24) is 10.2 Å². The van der Waals surface area contributed by atoms with Gasteiger partial charge in [0.15, 0.2) is 0 Å². The Bertz CT molecular complexity index is 290. The van der Waals surface area contributed by atoms with Crippen molar-refractivity contribution in [2.45, 2.75) is 51.6 Å². The van der Waals surface area contributed by atoms with Gasteiger partial charge < -0.3 is 10.2 Å². The summed E-state index contributed by atoms with van der Waals surface area (Å²) in [6, 6.07) is 0. The average Bonchev–Trinajstić information content (AvgIpc) is 2.85. The van der Waals surface area contributed by atoms with Crippen LogP contribution in [0.5, 0.6) is 0 Å². The van der Waals surface area contributed by atoms with E-state index in [4.69, 9.17) is 0 Å². The van der Waals surface area contributed by atoms with Gasteiger partial charge in [-0.15, -0.1) is 0 Å². The lowest BCUT2D eigenvalue weighted by atomic mass is 9.84. The molecule has 0 bridgehead atoms. The third kappa shape index (κ3) is 4.10. The molecule has 1 heterocycles. The van der Waals surface area contributed by atoms with Crippen LogP contribution < -0.4 is 5.32 Å². The third-order valence-electron chi connectivity index (χ3n) is 5.02. The summed E-state index contributed by atoms with van der Waals surface area (Å²) < 4.78 is 38.1. The summed E-state index contributed by atoms with van der Waals surface area (Å²) in [5.41, 5.74) is 0.307. The van der Waals surface area contributed by atoms with Gasteiger partial charge in [-0.2, -0.15) is 13.2 Å². The van der Waals surface area contributed by atoms with Crippen LogP contribution in [0.4, 0.5) is 13.2 Å². The summed E-state index contributed by atoms with van der Waals surface area (Å²) >= 11 is 0. The fourth-order valence-corrected chi connectivity index (χ4v) is 3.80. The first-order chi connectivity index (χ1) is 9.45. The Kier molecular flexibility index (Phi) is 5.35. The van der Waals surface area contributed by atoms with Gasteiger partial charge in [0.1, 0.15) is 0 Å². The van der Waals surface area contributed by atoms with Gasteiger partial charge in [0, 0.05) is 13.1 Å². The average molecular weight is 292 g/mol. The minimum absolute atomic E-state index is 0.279. The Labute approximate surface area is 120 Å². The standard InChI is InChI=1S/C15H27F3N2/c1-2-19-11-14(7-3-4-8-14)12-20-9-5-13(6-10-20)15(16,17)18/h13,19H,2-12H2,1H3. The van der Waals surface area contributed by atoms with Gasteiger partial charge in [0.05, 0.1) is 5.92 Å². The highest BCUT2D eigenvalue weighted by Crippen LogP contribution is 2.40. The second kappa shape index (κ2) is 6.65. The molecule has 1 aliphatic carbocycles. The van der Waals surface area contributed by atoms with Gasteiger partial charge >= 0.3 is 6.18 Å². The van der Waals surface area contributed by atoms with Crippen LogP contribution >= 0.6 is 0 Å². The van der Waals surface area contributed by atoms with Crippen molar-refractivity contribution >= 4 is 0 Å². The van der Waals surface area contributed by atoms with Crippen molar-refractivity contribution in [3.63, 3.8) is 0 Å². The summed E-state index contributed by atoms with van der Waals surface area (Å²) in [6.45, 7) is 6.29. The summed E-state index contributed by atoms with van der Waals surface area (Å²) in [4.78, 5) is 2.27. The van der Waals surface area contributed by atoms with E-state index in [-0.39, 0.29) is 12.8 Å². The molecule has 20 heavy (non-hydrogen) atoms. The predicted octanol–water partition coefficient (Wildman–Crippen LogP) is 3.43. The van der Waals surface area contributed by atoms with Crippen molar-refractivity contribution < 1.29 is 13.2 Å². The second-order valence-corrected chi connectivity index (χ2v) is 6.58. The molecule has 0 atom stereocenters. The minimum Gasteiger partial charge on any atom is -0.316 e. The largest absolute Gasteiger partial charge is 0.391 e. The molecular formula is C15H27F3N2. The van der Waals surface area contributed by atoms with Crippen LogP contribution in [-0.2, 0) is 0 Å². The smallest absolute Gasteiger partial charge is 0.316 e. The Morgan fingerprint density at radius 3 is 2.25 bits per heavy atom. The first kappa shape index (κ1) is 16.1. The first-order valence-electron chi connectivity index (χ1n) is 7.95. The zero-order valence-corrected chi connectivity index (χ0v) is 12.4. The van der Waals surface area contributed by atoms with Crippen LogP contribution in [0.1, 0.15) is 45.4 Å². The summed E-state index contributed by atoms with van der Waals surface area (Å²) in [5, 5.41) is 3.45. The number of nitrogens with one attached hydrogen (secondary N) is 1. The van der Waals surface area contributed by atoms with Gasteiger partial charge in [0.2, 0.25) is 0 Å². The number of halogens is 3. The molecule has 0 radical (unpaired) electrons. The highest BCUT2D eigenvalue weighted by molar-refractivity contribution is 4.90. The molecular weight excluding hydrogens is 265 g/mol. The molecule has 0 aromatic rings. The zero-order chi connectivity index (χ0) is 14.6. The van der Waals surface area contributed by atoms with Gasteiger partial charge in [-0.3, -0.25) is 0 Å². The Morgan fingerprint density at radius 1 is 1.15 bits per heavy atom. The topological polar surface area (TPSA) is 15.3 Å². The van der Waals surface area contributed by atoms with E-state index in [9.17, 15) is 13.2 Å². The van der Waals surface area contributed by atoms with E-state index in [0.717, 1.165) is 19.6 Å². The Morgan fingerprint density at radius 2 is 1.75 bits per heavy atom. The molecule has 2 fully saturated rings. The van der Waals surface area contributed by atoms with Crippen molar-refractivity contribution in [2.75, 3.05) is 32.7 Å². The maximum Gasteiger partial charge on any atom is 0.391 e. The van der Waals surface area contributed by atoms with Crippen molar-refractivity contribution in [3.05, 3.63) is 0 Å². The molecule has 0 aromatic heterocycles. The SMILES string of the molecule is CCNCC1(CN2CCC(C(F)(F)F)CC2)CCCC1. The second-order valence-electron chi connectivity index (χ2n) is 6.58. The van der Waals surface area contributed by atoms with Gasteiger partial charge in [-0.1, -0.05) is 19.8 Å². The first-order valence-corrected chi connectivity index (χ1v) is 7.95. The lowest BCUT2D eigenvalue weighted by Crippen LogP contribution is -2.46. The molecule has 2 aliphatic rings. The van der Waals surface area contributed by atoms with E-state index in [1.165, 1.54) is 25.7 Å². The lowest BCUT2D eigenvalue weighted by Gasteiger charge is -2.39. The maximum atomic E-state index is 12.7. The quantitative estimate of drug-likeness (QED) is 0.835. The molecule has 1 aliphatic heterocycles. The molecule has 1 saturated carbocycles. The van der Waals surface area contributed by atoms with Crippen molar-refractivity contribution in [3.8, 4) is 0 Å². The highest BCUT2D eigenvalue weighted by Gasteiger charge is 2.42. The van der Waals surface area contributed by atoms with Gasteiger partial charge in [0.25, 0.3) is 0 Å². The van der Waals surface area contributed by atoms with Gasteiger partial charge in [-0.25, -0.2) is 0 Å². The van der Waals surface area contributed by atoms with Crippen LogP contribution in [0, 0.1) is 11.3 Å². The fourth-order valence-electron chi connectivity index (χ4n) is 3.80. The molecule has 0 unspecified atom stereocenters. The van der Waals surface area contributed by atoms with Crippen LogP contribution in [0.3, 0.4) is 0 Å². The van der Waals surface area contributed by atoms with E-state index in [1.54, 1.807) is 0 Å². The number of hydrogen-bond donors (Lipinski definition) is 1. The van der Waals surface area contributed by atoms with E-state index >= 15 is 0 Å². The summed E-state index contributed by atoms with van der Waals surface area (Å²) in [6.07, 6.45) is 1.54. The normalized spacial score (nSPS) is 25.2. The van der Waals surface area contributed by atoms with E-state index in [2.05, 4.69) is 17.1 Å². The van der Waals surface area contributed by atoms with Gasteiger partial charge in [-0.05, 0) is 50.7 Å². The third-order valence-corrected chi connectivity index (χ3v) is 5.02. The number of rotatable bonds is 5. The van der Waals surface area contributed by atoms with Crippen LogP contribution in [0.25, 0.3) is 0 Å². The van der Waals surface area contributed by atoms with Crippen molar-refractivity contribution in [1.29, 1.82) is 0 Å². The minimum atomic E-state index is -4.00. The molecule has 2 rings (SSSR count). The van der Waals surface area contributed by atoms with E-state index in [1.807, 2.05) is 0 Å². The molecule has 0 spiro atoms. The Balaban J connectivity index is 1.84. The number of hydrogen-bond acceptors (Lipinski definition) is 2. The number of nitrogens with zero attached hydrogens (tertiary/aromatic N) is 1. The van der Waals surface area contributed by atoms with Crippen LogP contribution in [0.2, 0.25) is 0 Å². The molecule has 2 nitrogen and oxygen atoms in total. The van der Waals surface area contributed by atoms with Crippen molar-refractivity contribution in [2.24, 2.45) is 11.3 Å². The molecule has 118 valence electrons. The van der Waals surface area contributed by atoms with Crippen LogP contribution in [-0.4, -0.2) is 43.8 Å². The predicted molar refractivity (Wildman–Crippen MR) is 74.7 cm³/mol. The monoisotopic (exact) mass is 292 g/mol. The molecule has 0 amide bonds. The highest BCUT2D eigenvalue weighted by atomic mass is 19.4. The maximum absolute atomic E-state index is 12.7. The molecule has 5 heteroatoms. The fraction of sp³-hybridized carbons (Fsp3) is 1.00.